The van der Waals surface area contributed by atoms with Gasteiger partial charge in [-0.1, -0.05) is 13.3 Å². The van der Waals surface area contributed by atoms with Crippen LogP contribution in [0.25, 0.3) is 0 Å². The smallest absolute Gasteiger partial charge is 0.407 e. The van der Waals surface area contributed by atoms with Crippen LogP contribution in [-0.2, 0) is 11.3 Å². The zero-order chi connectivity index (χ0) is 18.2. The minimum Gasteiger partial charge on any atom is -0.450 e. The third-order valence-electron chi connectivity index (χ3n) is 3.98. The number of aliphatic hydroxyl groups is 1. The molecule has 1 aromatic rings. The van der Waals surface area contributed by atoms with E-state index in [1.807, 2.05) is 11.8 Å². The van der Waals surface area contributed by atoms with Crippen molar-refractivity contribution >= 4 is 23.2 Å². The number of rotatable bonds is 8. The molecule has 138 valence electrons. The molecule has 0 saturated carbocycles. The van der Waals surface area contributed by atoms with Crippen molar-refractivity contribution in [2.75, 3.05) is 43.0 Å². The van der Waals surface area contributed by atoms with E-state index in [-0.39, 0.29) is 11.3 Å². The van der Waals surface area contributed by atoms with Gasteiger partial charge in [-0.3, -0.25) is 10.1 Å². The summed E-state index contributed by atoms with van der Waals surface area (Å²) in [6.07, 6.45) is 1.36. The minimum atomic E-state index is -0.500. The number of nitrogens with one attached hydrogen (secondary N) is 2. The van der Waals surface area contributed by atoms with Gasteiger partial charge in [-0.2, -0.15) is 0 Å². The Morgan fingerprint density at radius 3 is 3.00 bits per heavy atom. The summed E-state index contributed by atoms with van der Waals surface area (Å²) in [4.78, 5) is 24.2. The third kappa shape index (κ3) is 4.96. The SMILES string of the molecule is CCCCOC(=O)NCCN1CCNc2cc([N+](=O)[O-])c(CO)cc21. The molecule has 0 radical (unpaired) electrons. The van der Waals surface area contributed by atoms with Crippen LogP contribution in [0.15, 0.2) is 12.1 Å². The van der Waals surface area contributed by atoms with E-state index in [4.69, 9.17) is 4.74 Å². The van der Waals surface area contributed by atoms with Crippen LogP contribution >= 0.6 is 0 Å². The van der Waals surface area contributed by atoms with Crippen LogP contribution in [0.2, 0.25) is 0 Å². The number of carbonyl (C=O) groups is 1. The highest BCUT2D eigenvalue weighted by atomic mass is 16.6. The number of ether oxygens (including phenoxy) is 1. The van der Waals surface area contributed by atoms with Gasteiger partial charge < -0.3 is 25.4 Å². The van der Waals surface area contributed by atoms with E-state index in [0.29, 0.717) is 38.5 Å². The standard InChI is InChI=1S/C16H24N4O5/c1-2-3-8-25-16(22)18-5-7-19-6-4-17-13-10-14(20(23)24)12(11-21)9-15(13)19/h9-10,17,21H,2-8,11H2,1H3,(H,18,22). The van der Waals surface area contributed by atoms with Crippen molar-refractivity contribution < 1.29 is 19.6 Å². The molecular formula is C16H24N4O5. The van der Waals surface area contributed by atoms with Crippen molar-refractivity contribution in [2.45, 2.75) is 26.4 Å². The first kappa shape index (κ1) is 18.8. The Balaban J connectivity index is 1.99. The molecule has 0 fully saturated rings. The number of nitro groups is 1. The van der Waals surface area contributed by atoms with Gasteiger partial charge in [0.2, 0.25) is 0 Å². The average Bonchev–Trinajstić information content (AvgIpc) is 2.61. The zero-order valence-electron chi connectivity index (χ0n) is 14.3. The molecule has 3 N–H and O–H groups in total. The van der Waals surface area contributed by atoms with Crippen molar-refractivity contribution in [1.29, 1.82) is 0 Å². The molecule has 1 aliphatic heterocycles. The molecule has 0 saturated heterocycles. The van der Waals surface area contributed by atoms with Gasteiger partial charge in [0.1, 0.15) is 0 Å². The number of hydrogen-bond acceptors (Lipinski definition) is 7. The maximum Gasteiger partial charge on any atom is 0.407 e. The number of benzene rings is 1. The molecule has 9 nitrogen and oxygen atoms in total. The number of fused-ring (bicyclic) bond motifs is 1. The van der Waals surface area contributed by atoms with Gasteiger partial charge in [0.15, 0.2) is 0 Å². The fourth-order valence-electron chi connectivity index (χ4n) is 2.65. The number of alkyl carbamates (subject to hydrolysis) is 1. The number of nitrogens with zero attached hydrogens (tertiary/aromatic N) is 2. The first-order valence-electron chi connectivity index (χ1n) is 8.38. The van der Waals surface area contributed by atoms with Gasteiger partial charge in [-0.05, 0) is 12.5 Å². The molecule has 0 atom stereocenters. The van der Waals surface area contributed by atoms with Crippen molar-refractivity contribution in [3.8, 4) is 0 Å². The summed E-state index contributed by atoms with van der Waals surface area (Å²) in [5.41, 5.74) is 1.60. The number of anilines is 2. The van der Waals surface area contributed by atoms with Crippen molar-refractivity contribution in [1.82, 2.24) is 5.32 Å². The lowest BCUT2D eigenvalue weighted by molar-refractivity contribution is -0.385. The fourth-order valence-corrected chi connectivity index (χ4v) is 2.65. The molecule has 2 rings (SSSR count). The second-order valence-electron chi connectivity index (χ2n) is 5.74. The Labute approximate surface area is 146 Å². The summed E-state index contributed by atoms with van der Waals surface area (Å²) in [6.45, 7) is 4.30. The van der Waals surface area contributed by atoms with Crippen molar-refractivity contribution in [2.24, 2.45) is 0 Å². The molecule has 25 heavy (non-hydrogen) atoms. The second kappa shape index (κ2) is 9.07. The number of aliphatic hydroxyl groups excluding tert-OH is 1. The maximum absolute atomic E-state index is 11.6. The molecule has 0 spiro atoms. The molecule has 0 bridgehead atoms. The Hall–Kier alpha value is -2.55. The first-order chi connectivity index (χ1) is 12.1. The lowest BCUT2D eigenvalue weighted by Gasteiger charge is -2.32. The molecule has 0 aromatic heterocycles. The number of carbonyl (C=O) groups excluding carboxylic acids is 1. The number of nitro benzene ring substituents is 1. The lowest BCUT2D eigenvalue weighted by Crippen LogP contribution is -2.40. The number of hydrogen-bond donors (Lipinski definition) is 3. The quantitative estimate of drug-likeness (QED) is 0.371. The van der Waals surface area contributed by atoms with Gasteiger partial charge in [0.25, 0.3) is 5.69 Å². The Bertz CT molecular complexity index is 623. The monoisotopic (exact) mass is 352 g/mol. The Morgan fingerprint density at radius 1 is 1.52 bits per heavy atom. The van der Waals surface area contributed by atoms with Crippen LogP contribution in [0.4, 0.5) is 21.9 Å². The lowest BCUT2D eigenvalue weighted by atomic mass is 10.1. The average molecular weight is 352 g/mol. The van der Waals surface area contributed by atoms with Crippen LogP contribution in [-0.4, -0.2) is 48.9 Å². The van der Waals surface area contributed by atoms with Crippen molar-refractivity contribution in [3.63, 3.8) is 0 Å². The maximum atomic E-state index is 11.6. The van der Waals surface area contributed by atoms with Gasteiger partial charge in [0, 0.05) is 32.2 Å². The third-order valence-corrected chi connectivity index (χ3v) is 3.98. The zero-order valence-corrected chi connectivity index (χ0v) is 14.3. The summed E-state index contributed by atoms with van der Waals surface area (Å²) in [5, 5.41) is 26.3. The van der Waals surface area contributed by atoms with E-state index >= 15 is 0 Å². The molecule has 1 aliphatic rings. The molecule has 0 aliphatic carbocycles. The normalized spacial score (nSPS) is 13.0. The predicted molar refractivity (Wildman–Crippen MR) is 94.0 cm³/mol. The summed E-state index contributed by atoms with van der Waals surface area (Å²) in [7, 11) is 0. The van der Waals surface area contributed by atoms with Gasteiger partial charge in [0.05, 0.1) is 35.1 Å². The van der Waals surface area contributed by atoms with E-state index in [1.165, 1.54) is 6.07 Å². The van der Waals surface area contributed by atoms with Gasteiger partial charge in [-0.25, -0.2) is 4.79 Å². The van der Waals surface area contributed by atoms with Gasteiger partial charge in [-0.15, -0.1) is 0 Å². The summed E-state index contributed by atoms with van der Waals surface area (Å²) >= 11 is 0. The molecule has 1 amide bonds. The largest absolute Gasteiger partial charge is 0.450 e. The fraction of sp³-hybridized carbons (Fsp3) is 0.562. The van der Waals surface area contributed by atoms with E-state index in [9.17, 15) is 20.0 Å². The highest BCUT2D eigenvalue weighted by molar-refractivity contribution is 5.76. The van der Waals surface area contributed by atoms with Crippen LogP contribution in [0.3, 0.4) is 0 Å². The topological polar surface area (TPSA) is 117 Å². The van der Waals surface area contributed by atoms with Crippen LogP contribution < -0.4 is 15.5 Å². The van der Waals surface area contributed by atoms with Crippen molar-refractivity contribution in [3.05, 3.63) is 27.8 Å². The molecule has 1 aromatic carbocycles. The first-order valence-corrected chi connectivity index (χ1v) is 8.38. The number of amides is 1. The highest BCUT2D eigenvalue weighted by Gasteiger charge is 2.23. The number of unbranched alkanes of at least 4 members (excludes halogenated alkanes) is 1. The van der Waals surface area contributed by atoms with Crippen LogP contribution in [0.5, 0.6) is 0 Å². The second-order valence-corrected chi connectivity index (χ2v) is 5.74. The predicted octanol–water partition coefficient (Wildman–Crippen LogP) is 1.85. The Morgan fingerprint density at radius 2 is 2.32 bits per heavy atom. The van der Waals surface area contributed by atoms with E-state index in [2.05, 4.69) is 10.6 Å². The van der Waals surface area contributed by atoms with Crippen LogP contribution in [0.1, 0.15) is 25.3 Å². The van der Waals surface area contributed by atoms with E-state index < -0.39 is 17.6 Å². The van der Waals surface area contributed by atoms with E-state index in [1.54, 1.807) is 6.07 Å². The summed E-state index contributed by atoms with van der Waals surface area (Å²) < 4.78 is 5.03. The molecule has 0 unspecified atom stereocenters. The molecule has 1 heterocycles. The van der Waals surface area contributed by atoms with E-state index in [0.717, 1.165) is 18.5 Å². The Kier molecular flexibility index (Phi) is 6.81. The van der Waals surface area contributed by atoms with Gasteiger partial charge >= 0.3 is 6.09 Å². The summed E-state index contributed by atoms with van der Waals surface area (Å²) in [6, 6.07) is 3.07. The highest BCUT2D eigenvalue weighted by Crippen LogP contribution is 2.35. The molecule has 9 heteroatoms. The molecular weight excluding hydrogens is 328 g/mol. The van der Waals surface area contributed by atoms with Crippen LogP contribution in [0, 0.1) is 10.1 Å². The minimum absolute atomic E-state index is 0.103. The summed E-state index contributed by atoms with van der Waals surface area (Å²) in [5.74, 6) is 0.